The summed E-state index contributed by atoms with van der Waals surface area (Å²) in [6, 6.07) is -3.16. The number of cyclic esters (lactones) is 3. The summed E-state index contributed by atoms with van der Waals surface area (Å²) in [5.74, 6) is -5.48. The Kier molecular flexibility index (Phi) is 16.3. The van der Waals surface area contributed by atoms with Crippen molar-refractivity contribution in [1.29, 1.82) is 0 Å². The maximum absolute atomic E-state index is 14.1. The van der Waals surface area contributed by atoms with Crippen LogP contribution in [0, 0.1) is 35.5 Å². The van der Waals surface area contributed by atoms with E-state index in [1.165, 1.54) is 28.8 Å². The molecular formula is C35H63N3O9. The maximum Gasteiger partial charge on any atom is 0.329 e. The van der Waals surface area contributed by atoms with Gasteiger partial charge in [0.25, 0.3) is 11.8 Å². The SMILES string of the molecule is CCC(C)[C@H]1OC(=O)[C@H](C(C)C)N(C)C(=O)[C@@H](C(C)C)OC(=O)[C@H](CC(C)C)N(C)C(O)[C@@H](C(C)C)OC(=O)[C@H](C(C)C)N(C)C1=O. The molecule has 0 aliphatic carbocycles. The normalized spacial score (nSPS) is 29.4. The third kappa shape index (κ3) is 10.6. The average molecular weight is 670 g/mol. The lowest BCUT2D eigenvalue weighted by Crippen LogP contribution is -2.58. The molecule has 272 valence electrons. The Morgan fingerprint density at radius 2 is 1.04 bits per heavy atom. The van der Waals surface area contributed by atoms with Crippen LogP contribution in [-0.2, 0) is 38.2 Å². The van der Waals surface area contributed by atoms with Crippen molar-refractivity contribution < 1.29 is 43.3 Å². The Morgan fingerprint density at radius 3 is 1.43 bits per heavy atom. The van der Waals surface area contributed by atoms with Crippen molar-refractivity contribution in [1.82, 2.24) is 14.7 Å². The minimum atomic E-state index is -1.42. The van der Waals surface area contributed by atoms with E-state index in [0.29, 0.717) is 6.42 Å². The predicted octanol–water partition coefficient (Wildman–Crippen LogP) is 3.72. The van der Waals surface area contributed by atoms with E-state index in [-0.39, 0.29) is 18.3 Å². The summed E-state index contributed by atoms with van der Waals surface area (Å²) in [4.78, 5) is 73.5. The van der Waals surface area contributed by atoms with Gasteiger partial charge in [0.15, 0.2) is 12.2 Å². The van der Waals surface area contributed by atoms with E-state index in [2.05, 4.69) is 0 Å². The van der Waals surface area contributed by atoms with Gasteiger partial charge in [0.2, 0.25) is 0 Å². The molecule has 0 radical (unpaired) electrons. The quantitative estimate of drug-likeness (QED) is 0.300. The Labute approximate surface area is 282 Å². The second kappa shape index (κ2) is 18.1. The molecule has 8 atom stereocenters. The Bertz CT molecular complexity index is 1080. The zero-order valence-electron chi connectivity index (χ0n) is 31.5. The Balaban J connectivity index is 3.97. The minimum Gasteiger partial charge on any atom is -0.456 e. The van der Waals surface area contributed by atoms with Crippen LogP contribution in [0.3, 0.4) is 0 Å². The van der Waals surface area contributed by atoms with E-state index in [9.17, 15) is 29.1 Å². The summed E-state index contributed by atoms with van der Waals surface area (Å²) in [6.45, 7) is 21.6. The molecule has 12 heteroatoms. The molecule has 0 aromatic heterocycles. The number of nitrogens with zero attached hydrogens (tertiary/aromatic N) is 3. The molecule has 2 amide bonds. The fraction of sp³-hybridized carbons (Fsp3) is 0.857. The molecule has 1 heterocycles. The molecular weight excluding hydrogens is 606 g/mol. The molecule has 0 aromatic rings. The number of hydrogen-bond acceptors (Lipinski definition) is 10. The van der Waals surface area contributed by atoms with Gasteiger partial charge in [-0.3, -0.25) is 19.3 Å². The van der Waals surface area contributed by atoms with Gasteiger partial charge in [-0.2, -0.15) is 0 Å². The molecule has 1 saturated heterocycles. The third-order valence-electron chi connectivity index (χ3n) is 9.09. The highest BCUT2D eigenvalue weighted by atomic mass is 16.6. The Morgan fingerprint density at radius 1 is 0.617 bits per heavy atom. The van der Waals surface area contributed by atoms with E-state index >= 15 is 0 Å². The number of carbonyl (C=O) groups is 5. The lowest BCUT2D eigenvalue weighted by molar-refractivity contribution is -0.189. The highest BCUT2D eigenvalue weighted by Gasteiger charge is 2.45. The second-order valence-electron chi connectivity index (χ2n) is 15.0. The highest BCUT2D eigenvalue weighted by Crippen LogP contribution is 2.26. The summed E-state index contributed by atoms with van der Waals surface area (Å²) in [6.07, 6.45) is -4.22. The standard InChI is InChI=1S/C35H63N3O9/c1-16-23(12)29-32(41)38(15)25(19(4)5)34(43)46-27(21(8)9)30(39)36(13)24(17-18(2)3)33(42)45-28(22(10)11)31(40)37(14)26(20(6)7)35(44)47-29/h18-30,39H,16-17H2,1-15H3/t23?,24-,25-,26-,27+,28+,29+,30?/m0/s1. The number of aliphatic hydroxyl groups excluding tert-OH is 1. The van der Waals surface area contributed by atoms with Crippen molar-refractivity contribution in [3.05, 3.63) is 0 Å². The lowest BCUT2D eigenvalue weighted by Gasteiger charge is -2.40. The van der Waals surface area contributed by atoms with Gasteiger partial charge < -0.3 is 29.1 Å². The average Bonchev–Trinajstić information content (AvgIpc) is 2.96. The van der Waals surface area contributed by atoms with E-state index < -0.39 is 96.1 Å². The monoisotopic (exact) mass is 669 g/mol. The van der Waals surface area contributed by atoms with E-state index in [0.717, 1.165) is 0 Å². The number of amides is 2. The zero-order chi connectivity index (χ0) is 36.7. The first-order valence-corrected chi connectivity index (χ1v) is 17.1. The van der Waals surface area contributed by atoms with Crippen molar-refractivity contribution in [3.63, 3.8) is 0 Å². The van der Waals surface area contributed by atoms with Crippen molar-refractivity contribution >= 4 is 29.7 Å². The van der Waals surface area contributed by atoms with Gasteiger partial charge in [-0.1, -0.05) is 83.1 Å². The predicted molar refractivity (Wildman–Crippen MR) is 179 cm³/mol. The summed E-state index contributed by atoms with van der Waals surface area (Å²) in [7, 11) is 4.48. The first-order valence-electron chi connectivity index (χ1n) is 17.1. The first kappa shape index (κ1) is 42.3. The van der Waals surface area contributed by atoms with Gasteiger partial charge in [0.1, 0.15) is 30.5 Å². The molecule has 1 fully saturated rings. The first-order chi connectivity index (χ1) is 21.6. The van der Waals surface area contributed by atoms with Crippen molar-refractivity contribution in [2.45, 2.75) is 139 Å². The third-order valence-corrected chi connectivity index (χ3v) is 9.09. The molecule has 0 aromatic carbocycles. The highest BCUT2D eigenvalue weighted by molar-refractivity contribution is 5.92. The molecule has 1 aliphatic rings. The fourth-order valence-electron chi connectivity index (χ4n) is 5.96. The molecule has 0 bridgehead atoms. The Hall–Kier alpha value is -2.73. The maximum atomic E-state index is 14.1. The number of ether oxygens (including phenoxy) is 3. The van der Waals surface area contributed by atoms with Gasteiger partial charge in [0.05, 0.1) is 0 Å². The molecule has 12 nitrogen and oxygen atoms in total. The molecule has 1 N–H and O–H groups in total. The summed E-state index contributed by atoms with van der Waals surface area (Å²) >= 11 is 0. The topological polar surface area (TPSA) is 143 Å². The lowest BCUT2D eigenvalue weighted by atomic mass is 9.96. The molecule has 0 saturated carbocycles. The van der Waals surface area contributed by atoms with E-state index in [4.69, 9.17) is 14.2 Å². The summed E-state index contributed by atoms with van der Waals surface area (Å²) in [5, 5.41) is 11.6. The van der Waals surface area contributed by atoms with Crippen LogP contribution in [0.4, 0.5) is 0 Å². The second-order valence-corrected chi connectivity index (χ2v) is 15.0. The van der Waals surface area contributed by atoms with Crippen LogP contribution < -0.4 is 0 Å². The van der Waals surface area contributed by atoms with Crippen LogP contribution >= 0.6 is 0 Å². The van der Waals surface area contributed by atoms with Crippen LogP contribution in [0.2, 0.25) is 0 Å². The number of aliphatic hydroxyl groups is 1. The van der Waals surface area contributed by atoms with Crippen LogP contribution in [0.1, 0.15) is 95.9 Å². The van der Waals surface area contributed by atoms with Gasteiger partial charge in [-0.05, 0) is 49.5 Å². The molecule has 2 unspecified atom stereocenters. The molecule has 1 rings (SSSR count). The van der Waals surface area contributed by atoms with Gasteiger partial charge >= 0.3 is 17.9 Å². The van der Waals surface area contributed by atoms with Gasteiger partial charge in [-0.25, -0.2) is 9.59 Å². The van der Waals surface area contributed by atoms with Crippen LogP contribution in [0.15, 0.2) is 0 Å². The van der Waals surface area contributed by atoms with Gasteiger partial charge in [0, 0.05) is 20.0 Å². The fourth-order valence-corrected chi connectivity index (χ4v) is 5.96. The molecule has 1 aliphatic heterocycles. The zero-order valence-corrected chi connectivity index (χ0v) is 31.5. The van der Waals surface area contributed by atoms with Crippen molar-refractivity contribution in [3.8, 4) is 0 Å². The van der Waals surface area contributed by atoms with Gasteiger partial charge in [-0.15, -0.1) is 0 Å². The van der Waals surface area contributed by atoms with Crippen LogP contribution in [0.25, 0.3) is 0 Å². The molecule has 47 heavy (non-hydrogen) atoms. The van der Waals surface area contributed by atoms with Crippen molar-refractivity contribution in [2.75, 3.05) is 21.1 Å². The molecule has 0 spiro atoms. The number of carbonyl (C=O) groups excluding carboxylic acids is 5. The number of hydrogen-bond donors (Lipinski definition) is 1. The number of esters is 3. The smallest absolute Gasteiger partial charge is 0.329 e. The van der Waals surface area contributed by atoms with Crippen molar-refractivity contribution in [2.24, 2.45) is 35.5 Å². The van der Waals surface area contributed by atoms with Crippen LogP contribution in [-0.4, -0.2) is 113 Å². The number of likely N-dealkylation sites (N-methyl/N-ethyl adjacent to an activating group) is 3. The largest absolute Gasteiger partial charge is 0.456 e. The summed E-state index contributed by atoms with van der Waals surface area (Å²) < 4.78 is 17.8. The van der Waals surface area contributed by atoms with E-state index in [1.54, 1.807) is 69.4 Å². The summed E-state index contributed by atoms with van der Waals surface area (Å²) in [5.41, 5.74) is 0. The number of rotatable bonds is 8. The minimum absolute atomic E-state index is 0.000447. The van der Waals surface area contributed by atoms with E-state index in [1.807, 2.05) is 20.8 Å². The van der Waals surface area contributed by atoms with Crippen LogP contribution in [0.5, 0.6) is 0 Å².